The van der Waals surface area contributed by atoms with Crippen LogP contribution in [0.1, 0.15) is 56.0 Å². The zero-order valence-electron chi connectivity index (χ0n) is 21.1. The number of carbonyl (C=O) groups excluding carboxylic acids is 1. The van der Waals surface area contributed by atoms with Crippen molar-refractivity contribution in [3.63, 3.8) is 0 Å². The minimum Gasteiger partial charge on any atom is -0.466 e. The summed E-state index contributed by atoms with van der Waals surface area (Å²) >= 11 is 0. The predicted molar refractivity (Wildman–Crippen MR) is 148 cm³/mol. The average molecular weight is 548 g/mol. The number of ether oxygens (including phenoxy) is 1. The minimum absolute atomic E-state index is 0. The van der Waals surface area contributed by atoms with E-state index in [1.54, 1.807) is 6.92 Å². The Bertz CT molecular complexity index is 1370. The number of nitrogens with one attached hydrogen (secondary N) is 1. The Hall–Kier alpha value is -3.11. The molecule has 1 saturated carbocycles. The molecule has 0 bridgehead atoms. The highest BCUT2D eigenvalue weighted by atomic mass is 35.5. The molecule has 37 heavy (non-hydrogen) atoms. The number of nitrogens with zero attached hydrogens (tertiary/aromatic N) is 3. The molecule has 0 atom stereocenters. The van der Waals surface area contributed by atoms with Gasteiger partial charge in [-0.1, -0.05) is 37.1 Å². The van der Waals surface area contributed by atoms with Crippen molar-refractivity contribution in [2.45, 2.75) is 51.5 Å². The molecule has 9 nitrogen and oxygen atoms in total. The van der Waals surface area contributed by atoms with Gasteiger partial charge in [0.25, 0.3) is 0 Å². The molecule has 0 unspecified atom stereocenters. The van der Waals surface area contributed by atoms with E-state index in [1.807, 2.05) is 54.1 Å². The first kappa shape index (κ1) is 28.5. The molecule has 1 aliphatic carbocycles. The maximum absolute atomic E-state index is 13.4. The second-order valence-electron chi connectivity index (χ2n) is 9.15. The summed E-state index contributed by atoms with van der Waals surface area (Å²) < 4.78 is 35.3. The van der Waals surface area contributed by atoms with Crippen molar-refractivity contribution in [2.75, 3.05) is 16.7 Å². The molecule has 1 heterocycles. The first-order valence-corrected chi connectivity index (χ1v) is 13.9. The number of carbonyl (C=O) groups is 1. The molecule has 1 fully saturated rings. The Morgan fingerprint density at radius 1 is 1.19 bits per heavy atom. The van der Waals surface area contributed by atoms with Gasteiger partial charge >= 0.3 is 5.97 Å². The summed E-state index contributed by atoms with van der Waals surface area (Å²) in [7, 11) is -1.79. The van der Waals surface area contributed by atoms with Crippen LogP contribution in [-0.4, -0.2) is 48.2 Å². The Morgan fingerprint density at radius 2 is 1.86 bits per heavy atom. The van der Waals surface area contributed by atoms with Crippen LogP contribution in [0.3, 0.4) is 0 Å². The second-order valence-corrected chi connectivity index (χ2v) is 11.1. The fourth-order valence-electron chi connectivity index (χ4n) is 4.80. The molecule has 1 aromatic heterocycles. The largest absolute Gasteiger partial charge is 0.466 e. The third kappa shape index (κ3) is 6.42. The average Bonchev–Trinajstić information content (AvgIpc) is 3.47. The van der Waals surface area contributed by atoms with Crippen LogP contribution in [-0.2, 0) is 33.0 Å². The SMILES string of the molecule is CCOC(=O)CCS(=O)(=O)N(c1ccc2c(c1)nc(Cc1ccc(C(=N)N)cc1)n2C)C1CCCC1.Cl. The molecule has 200 valence electrons. The lowest BCUT2D eigenvalue weighted by Crippen LogP contribution is -2.40. The monoisotopic (exact) mass is 547 g/mol. The molecule has 3 N–H and O–H groups in total. The van der Waals surface area contributed by atoms with Crippen LogP contribution >= 0.6 is 12.4 Å². The van der Waals surface area contributed by atoms with Crippen molar-refractivity contribution in [2.24, 2.45) is 12.8 Å². The number of amidine groups is 1. The Labute approximate surface area is 224 Å². The van der Waals surface area contributed by atoms with E-state index in [-0.39, 0.29) is 43.1 Å². The van der Waals surface area contributed by atoms with Crippen LogP contribution in [0.15, 0.2) is 42.5 Å². The van der Waals surface area contributed by atoms with E-state index in [0.717, 1.165) is 42.6 Å². The molecular formula is C26H34ClN5O4S. The van der Waals surface area contributed by atoms with Crippen LogP contribution in [0.4, 0.5) is 5.69 Å². The van der Waals surface area contributed by atoms with Crippen molar-refractivity contribution >= 4 is 51.0 Å². The maximum atomic E-state index is 13.4. The van der Waals surface area contributed by atoms with E-state index in [9.17, 15) is 13.2 Å². The van der Waals surface area contributed by atoms with Crippen LogP contribution in [0.25, 0.3) is 11.0 Å². The van der Waals surface area contributed by atoms with Crippen molar-refractivity contribution in [1.82, 2.24) is 9.55 Å². The normalized spacial score (nSPS) is 13.9. The van der Waals surface area contributed by atoms with Crippen molar-refractivity contribution < 1.29 is 17.9 Å². The van der Waals surface area contributed by atoms with Crippen LogP contribution < -0.4 is 10.0 Å². The van der Waals surface area contributed by atoms with Gasteiger partial charge in [0.15, 0.2) is 0 Å². The van der Waals surface area contributed by atoms with Gasteiger partial charge in [-0.2, -0.15) is 0 Å². The summed E-state index contributed by atoms with van der Waals surface area (Å²) in [6, 6.07) is 12.9. The molecule has 0 radical (unpaired) electrons. The van der Waals surface area contributed by atoms with Gasteiger partial charge in [0, 0.05) is 25.1 Å². The number of benzene rings is 2. The standard InChI is InChI=1S/C26H33N5O4S.ClH/c1-3-35-25(32)14-15-36(33,34)31(20-6-4-5-7-20)21-12-13-23-22(17-21)29-24(30(23)2)16-18-8-10-19(11-9-18)26(27)28;/h8-13,17,20H,3-7,14-16H2,1-2H3,(H3,27,28);1H. The Balaban J connectivity index is 0.00000380. The summed E-state index contributed by atoms with van der Waals surface area (Å²) in [6.45, 7) is 1.93. The molecule has 11 heteroatoms. The smallest absolute Gasteiger partial charge is 0.306 e. The van der Waals surface area contributed by atoms with Gasteiger partial charge < -0.3 is 15.0 Å². The molecule has 0 amide bonds. The Morgan fingerprint density at radius 3 is 2.49 bits per heavy atom. The fourth-order valence-corrected chi connectivity index (χ4v) is 6.52. The van der Waals surface area contributed by atoms with Gasteiger partial charge in [-0.3, -0.25) is 14.5 Å². The van der Waals surface area contributed by atoms with E-state index >= 15 is 0 Å². The second kappa shape index (κ2) is 12.0. The highest BCUT2D eigenvalue weighted by Crippen LogP contribution is 2.33. The third-order valence-electron chi connectivity index (χ3n) is 6.66. The number of nitrogen functional groups attached to an aromatic ring is 1. The zero-order chi connectivity index (χ0) is 25.9. The fraction of sp³-hybridized carbons (Fsp3) is 0.423. The van der Waals surface area contributed by atoms with Crippen molar-refractivity contribution in [1.29, 1.82) is 5.41 Å². The first-order valence-electron chi connectivity index (χ1n) is 12.3. The minimum atomic E-state index is -3.73. The van der Waals surface area contributed by atoms with Gasteiger partial charge in [-0.15, -0.1) is 12.4 Å². The molecule has 0 aliphatic heterocycles. The summed E-state index contributed by atoms with van der Waals surface area (Å²) in [5, 5.41) is 7.55. The lowest BCUT2D eigenvalue weighted by molar-refractivity contribution is -0.142. The summed E-state index contributed by atoms with van der Waals surface area (Å²) in [4.78, 5) is 16.7. The number of nitrogens with two attached hydrogens (primary N) is 1. The lowest BCUT2D eigenvalue weighted by Gasteiger charge is -2.30. The first-order chi connectivity index (χ1) is 17.2. The number of aromatic nitrogens is 2. The molecule has 3 aromatic rings. The van der Waals surface area contributed by atoms with E-state index < -0.39 is 16.0 Å². The van der Waals surface area contributed by atoms with Crippen molar-refractivity contribution in [3.05, 3.63) is 59.4 Å². The van der Waals surface area contributed by atoms with Gasteiger partial charge in [-0.05, 0) is 43.5 Å². The molecule has 2 aromatic carbocycles. The number of halogens is 1. The van der Waals surface area contributed by atoms with E-state index in [1.165, 1.54) is 4.31 Å². The van der Waals surface area contributed by atoms with Crippen molar-refractivity contribution in [3.8, 4) is 0 Å². The number of hydrogen-bond acceptors (Lipinski definition) is 6. The Kier molecular flexibility index (Phi) is 9.20. The van der Waals surface area contributed by atoms with E-state index in [0.29, 0.717) is 23.2 Å². The predicted octanol–water partition coefficient (Wildman–Crippen LogP) is 3.90. The van der Waals surface area contributed by atoms with Gasteiger partial charge in [-0.25, -0.2) is 13.4 Å². The van der Waals surface area contributed by atoms with Crippen LogP contribution in [0.2, 0.25) is 0 Å². The number of aryl methyl sites for hydroxylation is 1. The van der Waals surface area contributed by atoms with Gasteiger partial charge in [0.1, 0.15) is 11.7 Å². The summed E-state index contributed by atoms with van der Waals surface area (Å²) in [6.07, 6.45) is 3.96. The van der Waals surface area contributed by atoms with Crippen LogP contribution in [0.5, 0.6) is 0 Å². The van der Waals surface area contributed by atoms with Gasteiger partial charge in [0.05, 0.1) is 35.5 Å². The zero-order valence-corrected chi connectivity index (χ0v) is 22.8. The van der Waals surface area contributed by atoms with Gasteiger partial charge in [0.2, 0.25) is 10.0 Å². The van der Waals surface area contributed by atoms with E-state index in [2.05, 4.69) is 0 Å². The number of rotatable bonds is 10. The maximum Gasteiger partial charge on any atom is 0.306 e. The molecule has 1 aliphatic rings. The third-order valence-corrected chi connectivity index (χ3v) is 8.49. The lowest BCUT2D eigenvalue weighted by atomic mass is 10.1. The number of hydrogen-bond donors (Lipinski definition) is 2. The summed E-state index contributed by atoms with van der Waals surface area (Å²) in [5.74, 6) is 0.0779. The molecular weight excluding hydrogens is 514 g/mol. The van der Waals surface area contributed by atoms with E-state index in [4.69, 9.17) is 20.9 Å². The molecule has 4 rings (SSSR count). The molecule has 0 spiro atoms. The number of fused-ring (bicyclic) bond motifs is 1. The van der Waals surface area contributed by atoms with Crippen LogP contribution in [0, 0.1) is 5.41 Å². The quantitative estimate of drug-likeness (QED) is 0.225. The number of esters is 1. The molecule has 0 saturated heterocycles. The summed E-state index contributed by atoms with van der Waals surface area (Å²) in [5.41, 5.74) is 9.46. The number of anilines is 1. The number of sulfonamides is 1. The highest BCUT2D eigenvalue weighted by Gasteiger charge is 2.33. The topological polar surface area (TPSA) is 131 Å². The highest BCUT2D eigenvalue weighted by molar-refractivity contribution is 7.92. The number of imidazole rings is 1.